The number of amides is 2. The molecule has 2 aliphatic heterocycles. The third-order valence-corrected chi connectivity index (χ3v) is 6.48. The van der Waals surface area contributed by atoms with Gasteiger partial charge in [0.15, 0.2) is 0 Å². The maximum Gasteiger partial charge on any atom is 0.317 e. The van der Waals surface area contributed by atoms with Gasteiger partial charge in [-0.1, -0.05) is 36.8 Å². The van der Waals surface area contributed by atoms with Gasteiger partial charge >= 0.3 is 6.03 Å². The first-order valence-electron chi connectivity index (χ1n) is 10.1. The summed E-state index contributed by atoms with van der Waals surface area (Å²) in [5, 5.41) is 3.22. The van der Waals surface area contributed by atoms with E-state index in [4.69, 9.17) is 0 Å². The SMILES string of the molecule is O=C(NCC1(c2ccccc2)CC1)N1CCC(N2CCCCC2)CC1. The molecule has 4 rings (SSSR count). The second-order valence-corrected chi connectivity index (χ2v) is 8.12. The summed E-state index contributed by atoms with van der Waals surface area (Å²) in [5.74, 6) is 0. The Morgan fingerprint density at radius 2 is 1.68 bits per heavy atom. The highest BCUT2D eigenvalue weighted by Gasteiger charge is 2.44. The fourth-order valence-corrected chi connectivity index (χ4v) is 4.58. The first-order chi connectivity index (χ1) is 12.3. The molecule has 3 fully saturated rings. The van der Waals surface area contributed by atoms with E-state index in [1.807, 2.05) is 4.90 Å². The van der Waals surface area contributed by atoms with Crippen LogP contribution in [0.3, 0.4) is 0 Å². The number of carbonyl (C=O) groups is 1. The molecular formula is C21H31N3O. The minimum absolute atomic E-state index is 0.138. The van der Waals surface area contributed by atoms with Crippen LogP contribution in [-0.4, -0.2) is 54.6 Å². The van der Waals surface area contributed by atoms with Crippen LogP contribution in [0.1, 0.15) is 50.5 Å². The van der Waals surface area contributed by atoms with Gasteiger partial charge in [-0.05, 0) is 57.2 Å². The lowest BCUT2D eigenvalue weighted by molar-refractivity contribution is 0.101. The van der Waals surface area contributed by atoms with Crippen LogP contribution in [-0.2, 0) is 5.41 Å². The van der Waals surface area contributed by atoms with Crippen molar-refractivity contribution < 1.29 is 4.79 Å². The Hall–Kier alpha value is -1.55. The van der Waals surface area contributed by atoms with Crippen molar-refractivity contribution in [3.05, 3.63) is 35.9 Å². The quantitative estimate of drug-likeness (QED) is 0.911. The van der Waals surface area contributed by atoms with Crippen molar-refractivity contribution in [3.8, 4) is 0 Å². The molecule has 0 aromatic heterocycles. The van der Waals surface area contributed by atoms with Crippen LogP contribution in [0.4, 0.5) is 4.79 Å². The van der Waals surface area contributed by atoms with Gasteiger partial charge in [-0.2, -0.15) is 0 Å². The zero-order valence-electron chi connectivity index (χ0n) is 15.3. The molecule has 1 saturated carbocycles. The second kappa shape index (κ2) is 7.36. The molecule has 25 heavy (non-hydrogen) atoms. The Morgan fingerprint density at radius 3 is 2.32 bits per heavy atom. The lowest BCUT2D eigenvalue weighted by Gasteiger charge is -2.40. The van der Waals surface area contributed by atoms with Crippen LogP contribution in [0.5, 0.6) is 0 Å². The summed E-state index contributed by atoms with van der Waals surface area (Å²) in [4.78, 5) is 17.3. The number of likely N-dealkylation sites (tertiary alicyclic amines) is 2. The van der Waals surface area contributed by atoms with Crippen LogP contribution in [0.2, 0.25) is 0 Å². The molecule has 0 atom stereocenters. The van der Waals surface area contributed by atoms with Crippen LogP contribution in [0.25, 0.3) is 0 Å². The minimum atomic E-state index is 0.138. The lowest BCUT2D eigenvalue weighted by Crippen LogP contribution is -2.51. The van der Waals surface area contributed by atoms with Crippen molar-refractivity contribution >= 4 is 6.03 Å². The molecule has 2 saturated heterocycles. The van der Waals surface area contributed by atoms with E-state index in [1.54, 1.807) is 0 Å². The van der Waals surface area contributed by atoms with Crippen LogP contribution >= 0.6 is 0 Å². The number of nitrogens with zero attached hydrogens (tertiary/aromatic N) is 2. The average molecular weight is 341 g/mol. The second-order valence-electron chi connectivity index (χ2n) is 8.12. The highest BCUT2D eigenvalue weighted by atomic mass is 16.2. The van der Waals surface area contributed by atoms with Crippen molar-refractivity contribution in [3.63, 3.8) is 0 Å². The summed E-state index contributed by atoms with van der Waals surface area (Å²) in [7, 11) is 0. The fraction of sp³-hybridized carbons (Fsp3) is 0.667. The van der Waals surface area contributed by atoms with Gasteiger partial charge in [-0.15, -0.1) is 0 Å². The molecule has 4 nitrogen and oxygen atoms in total. The van der Waals surface area contributed by atoms with Crippen molar-refractivity contribution in [2.24, 2.45) is 0 Å². The van der Waals surface area contributed by atoms with Crippen molar-refractivity contribution in [2.45, 2.75) is 56.4 Å². The summed E-state index contributed by atoms with van der Waals surface area (Å²) in [6, 6.07) is 11.5. The molecule has 1 aliphatic carbocycles. The molecule has 1 aromatic rings. The summed E-state index contributed by atoms with van der Waals surface area (Å²) < 4.78 is 0. The molecule has 1 aromatic carbocycles. The van der Waals surface area contributed by atoms with Crippen molar-refractivity contribution in [1.82, 2.24) is 15.1 Å². The van der Waals surface area contributed by atoms with E-state index in [2.05, 4.69) is 40.5 Å². The smallest absolute Gasteiger partial charge is 0.317 e. The number of rotatable bonds is 4. The predicted octanol–water partition coefficient (Wildman–Crippen LogP) is 3.38. The molecule has 0 unspecified atom stereocenters. The monoisotopic (exact) mass is 341 g/mol. The summed E-state index contributed by atoms with van der Waals surface area (Å²) in [6.07, 6.45) is 8.74. The standard InChI is InChI=1S/C21H31N3O/c25-20(22-17-21(11-12-21)18-7-3-1-4-8-18)24-15-9-19(10-16-24)23-13-5-2-6-14-23/h1,3-4,7-8,19H,2,5-6,9-17H2,(H,22,25). The summed E-state index contributed by atoms with van der Waals surface area (Å²) >= 11 is 0. The van der Waals surface area contributed by atoms with E-state index in [9.17, 15) is 4.79 Å². The van der Waals surface area contributed by atoms with E-state index in [-0.39, 0.29) is 11.4 Å². The fourth-order valence-electron chi connectivity index (χ4n) is 4.58. The highest BCUT2D eigenvalue weighted by Crippen LogP contribution is 2.47. The zero-order chi connectivity index (χ0) is 17.1. The first-order valence-corrected chi connectivity index (χ1v) is 10.1. The van der Waals surface area contributed by atoms with Crippen LogP contribution in [0.15, 0.2) is 30.3 Å². The maximum atomic E-state index is 12.6. The van der Waals surface area contributed by atoms with E-state index < -0.39 is 0 Å². The van der Waals surface area contributed by atoms with Crippen LogP contribution in [0, 0.1) is 0 Å². The van der Waals surface area contributed by atoms with Gasteiger partial charge < -0.3 is 15.1 Å². The Morgan fingerprint density at radius 1 is 1.00 bits per heavy atom. The van der Waals surface area contributed by atoms with Crippen molar-refractivity contribution in [2.75, 3.05) is 32.7 Å². The molecule has 136 valence electrons. The summed E-state index contributed by atoms with van der Waals surface area (Å²) in [5.41, 5.74) is 1.57. The van der Waals surface area contributed by atoms with Gasteiger partial charge in [-0.3, -0.25) is 0 Å². The van der Waals surface area contributed by atoms with Gasteiger partial charge in [0.25, 0.3) is 0 Å². The first kappa shape index (κ1) is 16.9. The number of carbonyl (C=O) groups excluding carboxylic acids is 1. The Kier molecular flexibility index (Phi) is 4.98. The molecule has 3 aliphatic rings. The van der Waals surface area contributed by atoms with E-state index in [0.29, 0.717) is 6.04 Å². The van der Waals surface area contributed by atoms with E-state index >= 15 is 0 Å². The number of nitrogens with one attached hydrogen (secondary N) is 1. The van der Waals surface area contributed by atoms with Gasteiger partial charge in [0.05, 0.1) is 0 Å². The molecule has 2 heterocycles. The lowest BCUT2D eigenvalue weighted by atomic mass is 9.96. The molecule has 0 radical (unpaired) electrons. The van der Waals surface area contributed by atoms with Crippen molar-refractivity contribution in [1.29, 1.82) is 0 Å². The number of urea groups is 1. The van der Waals surface area contributed by atoms with Crippen LogP contribution < -0.4 is 5.32 Å². The average Bonchev–Trinajstić information content (AvgIpc) is 3.49. The number of hydrogen-bond donors (Lipinski definition) is 1. The third-order valence-electron chi connectivity index (χ3n) is 6.48. The number of hydrogen-bond acceptors (Lipinski definition) is 2. The topological polar surface area (TPSA) is 35.6 Å². The molecule has 2 amide bonds. The Balaban J connectivity index is 1.24. The van der Waals surface area contributed by atoms with Gasteiger partial charge in [0.1, 0.15) is 0 Å². The molecule has 1 N–H and O–H groups in total. The van der Waals surface area contributed by atoms with Gasteiger partial charge in [0, 0.05) is 31.1 Å². The molecule has 0 spiro atoms. The predicted molar refractivity (Wildman–Crippen MR) is 101 cm³/mol. The zero-order valence-corrected chi connectivity index (χ0v) is 15.3. The normalized spacial score (nSPS) is 24.1. The molecular weight excluding hydrogens is 310 g/mol. The molecule has 0 bridgehead atoms. The highest BCUT2D eigenvalue weighted by molar-refractivity contribution is 5.74. The van der Waals surface area contributed by atoms with E-state index in [1.165, 1.54) is 50.8 Å². The number of benzene rings is 1. The number of piperidine rings is 2. The summed E-state index contributed by atoms with van der Waals surface area (Å²) in [6.45, 7) is 5.12. The largest absolute Gasteiger partial charge is 0.337 e. The Bertz CT molecular complexity index is 570. The van der Waals surface area contributed by atoms with Gasteiger partial charge in [-0.25, -0.2) is 4.79 Å². The molecule has 4 heteroatoms. The third kappa shape index (κ3) is 3.84. The minimum Gasteiger partial charge on any atom is -0.337 e. The Labute approximate surface area is 151 Å². The maximum absolute atomic E-state index is 12.6. The van der Waals surface area contributed by atoms with Gasteiger partial charge in [0.2, 0.25) is 0 Å². The van der Waals surface area contributed by atoms with E-state index in [0.717, 1.165) is 32.5 Å².